The van der Waals surface area contributed by atoms with Crippen molar-refractivity contribution >= 4 is 5.69 Å². The first-order chi connectivity index (χ1) is 13.2. The molecule has 0 fully saturated rings. The summed E-state index contributed by atoms with van der Waals surface area (Å²) in [6.45, 7) is 1.99. The van der Waals surface area contributed by atoms with Gasteiger partial charge in [0.15, 0.2) is 0 Å². The van der Waals surface area contributed by atoms with Crippen molar-refractivity contribution < 1.29 is 9.26 Å². The van der Waals surface area contributed by atoms with Gasteiger partial charge in [0.05, 0.1) is 30.5 Å². The van der Waals surface area contributed by atoms with E-state index in [1.807, 2.05) is 37.3 Å². The predicted molar refractivity (Wildman–Crippen MR) is 104 cm³/mol. The summed E-state index contributed by atoms with van der Waals surface area (Å²) in [5.41, 5.74) is 5.97. The number of benzene rings is 2. The molecule has 3 aromatic rings. The van der Waals surface area contributed by atoms with Crippen molar-refractivity contribution in [2.24, 2.45) is 0 Å². The molecule has 1 aliphatic carbocycles. The van der Waals surface area contributed by atoms with Crippen LogP contribution < -0.4 is 10.1 Å². The average Bonchev–Trinajstić information content (AvgIpc) is 3.05. The number of hydrogen-bond donors (Lipinski definition) is 1. The highest BCUT2D eigenvalue weighted by Crippen LogP contribution is 2.40. The highest BCUT2D eigenvalue weighted by atomic mass is 16.5. The van der Waals surface area contributed by atoms with Gasteiger partial charge in [-0.1, -0.05) is 11.2 Å². The van der Waals surface area contributed by atoms with E-state index < -0.39 is 0 Å². The largest absolute Gasteiger partial charge is 0.497 e. The molecule has 136 valence electrons. The number of anilines is 1. The van der Waals surface area contributed by atoms with Crippen molar-refractivity contribution in [3.63, 3.8) is 0 Å². The minimum absolute atomic E-state index is 0.130. The molecular formula is C22H21N3O2. The van der Waals surface area contributed by atoms with Gasteiger partial charge >= 0.3 is 0 Å². The Balaban J connectivity index is 1.78. The Morgan fingerprint density at radius 2 is 2.04 bits per heavy atom. The van der Waals surface area contributed by atoms with Crippen molar-refractivity contribution in [1.29, 1.82) is 5.26 Å². The van der Waals surface area contributed by atoms with Crippen LogP contribution in [0, 0.1) is 18.3 Å². The molecule has 0 amide bonds. The van der Waals surface area contributed by atoms with E-state index >= 15 is 0 Å². The number of ether oxygens (including phenoxy) is 1. The van der Waals surface area contributed by atoms with Gasteiger partial charge in [0.2, 0.25) is 0 Å². The van der Waals surface area contributed by atoms with Crippen LogP contribution in [0.15, 0.2) is 47.0 Å². The summed E-state index contributed by atoms with van der Waals surface area (Å²) in [6.07, 6.45) is 2.82. The number of aryl methyl sites for hydroxylation is 2. The zero-order chi connectivity index (χ0) is 18.8. The van der Waals surface area contributed by atoms with Gasteiger partial charge < -0.3 is 14.6 Å². The van der Waals surface area contributed by atoms with Crippen molar-refractivity contribution in [3.8, 4) is 22.9 Å². The van der Waals surface area contributed by atoms with Crippen LogP contribution in [0.4, 0.5) is 5.69 Å². The SMILES string of the molecule is COc1ccc2c(c1)C(Nc1ccc(C#N)cc1)CCCc1onc(C)c1-2. The Bertz CT molecular complexity index is 999. The Morgan fingerprint density at radius 3 is 2.78 bits per heavy atom. The minimum Gasteiger partial charge on any atom is -0.497 e. The average molecular weight is 359 g/mol. The van der Waals surface area contributed by atoms with E-state index in [-0.39, 0.29) is 6.04 Å². The number of aromatic nitrogens is 1. The van der Waals surface area contributed by atoms with Gasteiger partial charge in [-0.05, 0) is 67.3 Å². The van der Waals surface area contributed by atoms with Gasteiger partial charge in [-0.15, -0.1) is 0 Å². The van der Waals surface area contributed by atoms with E-state index in [4.69, 9.17) is 14.5 Å². The van der Waals surface area contributed by atoms with E-state index in [9.17, 15) is 0 Å². The number of nitrogens with one attached hydrogen (secondary N) is 1. The van der Waals surface area contributed by atoms with Crippen LogP contribution in [0.1, 0.15) is 41.5 Å². The Morgan fingerprint density at radius 1 is 1.22 bits per heavy atom. The summed E-state index contributed by atoms with van der Waals surface area (Å²) < 4.78 is 11.1. The maximum absolute atomic E-state index is 9.01. The molecule has 2 aromatic carbocycles. The van der Waals surface area contributed by atoms with Crippen LogP contribution in [0.2, 0.25) is 0 Å². The Kier molecular flexibility index (Phi) is 4.55. The zero-order valence-corrected chi connectivity index (χ0v) is 15.5. The van der Waals surface area contributed by atoms with E-state index in [0.29, 0.717) is 5.56 Å². The van der Waals surface area contributed by atoms with E-state index in [1.54, 1.807) is 7.11 Å². The Hall–Kier alpha value is -3.26. The molecule has 1 aromatic heterocycles. The number of nitrogens with zero attached hydrogens (tertiary/aromatic N) is 2. The minimum atomic E-state index is 0.130. The normalized spacial score (nSPS) is 15.7. The van der Waals surface area contributed by atoms with E-state index in [0.717, 1.165) is 53.3 Å². The van der Waals surface area contributed by atoms with Crippen molar-refractivity contribution in [2.75, 3.05) is 12.4 Å². The summed E-state index contributed by atoms with van der Waals surface area (Å²) in [6, 6.07) is 16.0. The van der Waals surface area contributed by atoms with Gasteiger partial charge in [0.1, 0.15) is 11.5 Å². The summed E-state index contributed by atoms with van der Waals surface area (Å²) in [4.78, 5) is 0. The molecule has 0 saturated carbocycles. The molecular weight excluding hydrogens is 338 g/mol. The van der Waals surface area contributed by atoms with Crippen LogP contribution in [0.5, 0.6) is 5.75 Å². The number of rotatable bonds is 3. The molecule has 0 aliphatic heterocycles. The number of methoxy groups -OCH3 is 1. The fraction of sp³-hybridized carbons (Fsp3) is 0.273. The standard InChI is InChI=1S/C22H21N3O2/c1-14-22-18-11-10-17(26-2)12-19(18)20(4-3-5-21(22)27-25-14)24-16-8-6-15(13-23)7-9-16/h6-12,20,24H,3-5H2,1-2H3. The smallest absolute Gasteiger partial charge is 0.144 e. The van der Waals surface area contributed by atoms with Gasteiger partial charge in [-0.2, -0.15) is 5.26 Å². The molecule has 4 rings (SSSR count). The lowest BCUT2D eigenvalue weighted by molar-refractivity contribution is 0.374. The fourth-order valence-corrected chi connectivity index (χ4v) is 3.73. The summed E-state index contributed by atoms with van der Waals surface area (Å²) in [7, 11) is 1.68. The number of hydrogen-bond acceptors (Lipinski definition) is 5. The highest BCUT2D eigenvalue weighted by molar-refractivity contribution is 5.73. The van der Waals surface area contributed by atoms with Crippen molar-refractivity contribution in [2.45, 2.75) is 32.2 Å². The molecule has 1 aliphatic rings. The summed E-state index contributed by atoms with van der Waals surface area (Å²) >= 11 is 0. The van der Waals surface area contributed by atoms with Gasteiger partial charge in [-0.25, -0.2) is 0 Å². The quantitative estimate of drug-likeness (QED) is 0.711. The van der Waals surface area contributed by atoms with Crippen LogP contribution in [-0.4, -0.2) is 12.3 Å². The summed E-state index contributed by atoms with van der Waals surface area (Å²) in [5, 5.41) is 16.8. The zero-order valence-electron chi connectivity index (χ0n) is 15.5. The molecule has 1 heterocycles. The monoisotopic (exact) mass is 359 g/mol. The summed E-state index contributed by atoms with van der Waals surface area (Å²) in [5.74, 6) is 1.78. The molecule has 1 atom stereocenters. The molecule has 0 saturated heterocycles. The molecule has 0 radical (unpaired) electrons. The maximum atomic E-state index is 9.01. The third-order valence-corrected chi connectivity index (χ3v) is 5.09. The van der Waals surface area contributed by atoms with Crippen LogP contribution >= 0.6 is 0 Å². The fourth-order valence-electron chi connectivity index (χ4n) is 3.73. The molecule has 5 nitrogen and oxygen atoms in total. The first kappa shape index (κ1) is 17.2. The first-order valence-electron chi connectivity index (χ1n) is 9.09. The predicted octanol–water partition coefficient (Wildman–Crippen LogP) is 5.02. The van der Waals surface area contributed by atoms with Gasteiger partial charge in [-0.3, -0.25) is 0 Å². The van der Waals surface area contributed by atoms with E-state index in [2.05, 4.69) is 28.7 Å². The number of nitriles is 1. The van der Waals surface area contributed by atoms with Crippen LogP contribution in [0.25, 0.3) is 11.1 Å². The highest BCUT2D eigenvalue weighted by Gasteiger charge is 2.25. The van der Waals surface area contributed by atoms with Crippen LogP contribution in [0.3, 0.4) is 0 Å². The first-order valence-corrected chi connectivity index (χ1v) is 9.09. The third-order valence-electron chi connectivity index (χ3n) is 5.09. The lowest BCUT2D eigenvalue weighted by atomic mass is 9.87. The van der Waals surface area contributed by atoms with E-state index in [1.165, 1.54) is 5.56 Å². The van der Waals surface area contributed by atoms with Crippen molar-refractivity contribution in [3.05, 3.63) is 65.0 Å². The molecule has 0 bridgehead atoms. The molecule has 27 heavy (non-hydrogen) atoms. The second-order valence-electron chi connectivity index (χ2n) is 6.80. The topological polar surface area (TPSA) is 71.1 Å². The third kappa shape index (κ3) is 3.26. The second kappa shape index (κ2) is 7.16. The molecule has 1 N–H and O–H groups in total. The lowest BCUT2D eigenvalue weighted by Crippen LogP contribution is -2.14. The number of fused-ring (bicyclic) bond motifs is 3. The van der Waals surface area contributed by atoms with Crippen molar-refractivity contribution in [1.82, 2.24) is 5.16 Å². The maximum Gasteiger partial charge on any atom is 0.144 e. The molecule has 0 spiro atoms. The molecule has 5 heteroatoms. The lowest BCUT2D eigenvalue weighted by Gasteiger charge is -2.25. The van der Waals surface area contributed by atoms with Crippen LogP contribution in [-0.2, 0) is 6.42 Å². The van der Waals surface area contributed by atoms with Gasteiger partial charge in [0.25, 0.3) is 0 Å². The molecule has 1 unspecified atom stereocenters. The Labute approximate surface area is 158 Å². The second-order valence-corrected chi connectivity index (χ2v) is 6.80. The van der Waals surface area contributed by atoms with Gasteiger partial charge in [0, 0.05) is 17.7 Å².